The van der Waals surface area contributed by atoms with E-state index in [0.29, 0.717) is 23.8 Å². The number of ether oxygens (including phenoxy) is 1. The third-order valence-electron chi connectivity index (χ3n) is 3.62. The number of Topliss-reactive ketones (excluding diaryl/α,β-unsaturated/α-hetero) is 1. The molecule has 15 heavy (non-hydrogen) atoms. The molecule has 3 heteroatoms. The molecule has 0 aromatic heterocycles. The van der Waals surface area contributed by atoms with Crippen molar-refractivity contribution in [1.29, 1.82) is 0 Å². The fourth-order valence-electron chi connectivity index (χ4n) is 2.59. The zero-order valence-electron chi connectivity index (χ0n) is 9.74. The van der Waals surface area contributed by atoms with Crippen molar-refractivity contribution in [2.24, 2.45) is 5.92 Å². The first-order chi connectivity index (χ1) is 7.16. The molecule has 0 bridgehead atoms. The monoisotopic (exact) mass is 211 g/mol. The van der Waals surface area contributed by atoms with Crippen LogP contribution in [0.25, 0.3) is 0 Å². The van der Waals surface area contributed by atoms with E-state index in [1.165, 1.54) is 0 Å². The summed E-state index contributed by atoms with van der Waals surface area (Å²) in [6, 6.07) is 0.467. The minimum atomic E-state index is 0.303. The van der Waals surface area contributed by atoms with Crippen molar-refractivity contribution in [1.82, 2.24) is 4.90 Å². The number of hydrogen-bond acceptors (Lipinski definition) is 3. The van der Waals surface area contributed by atoms with Gasteiger partial charge in [-0.3, -0.25) is 9.69 Å². The largest absolute Gasteiger partial charge is 0.376 e. The van der Waals surface area contributed by atoms with Crippen LogP contribution in [0.3, 0.4) is 0 Å². The molecule has 0 radical (unpaired) electrons. The lowest BCUT2D eigenvalue weighted by atomic mass is 10.0. The summed E-state index contributed by atoms with van der Waals surface area (Å²) in [5.74, 6) is 0.777. The van der Waals surface area contributed by atoms with Gasteiger partial charge in [0.15, 0.2) is 0 Å². The van der Waals surface area contributed by atoms with Crippen LogP contribution in [0.5, 0.6) is 0 Å². The number of ketones is 1. The van der Waals surface area contributed by atoms with Crippen molar-refractivity contribution in [3.63, 3.8) is 0 Å². The van der Waals surface area contributed by atoms with Gasteiger partial charge >= 0.3 is 0 Å². The van der Waals surface area contributed by atoms with E-state index in [4.69, 9.17) is 4.74 Å². The SMILES string of the molecule is CC1CN(CC2CCCC2=O)C(C)CO1. The summed E-state index contributed by atoms with van der Waals surface area (Å²) in [7, 11) is 0. The molecule has 1 saturated heterocycles. The molecule has 1 aliphatic heterocycles. The van der Waals surface area contributed by atoms with E-state index < -0.39 is 0 Å². The first-order valence-corrected chi connectivity index (χ1v) is 6.05. The normalized spacial score (nSPS) is 38.5. The van der Waals surface area contributed by atoms with Gasteiger partial charge < -0.3 is 4.74 Å². The minimum absolute atomic E-state index is 0.303. The highest BCUT2D eigenvalue weighted by Crippen LogP contribution is 2.24. The van der Waals surface area contributed by atoms with Crippen LogP contribution in [0.15, 0.2) is 0 Å². The fourth-order valence-corrected chi connectivity index (χ4v) is 2.59. The summed E-state index contributed by atoms with van der Waals surface area (Å²) < 4.78 is 5.59. The first-order valence-electron chi connectivity index (χ1n) is 6.05. The molecule has 3 nitrogen and oxygen atoms in total. The Morgan fingerprint density at radius 1 is 1.47 bits per heavy atom. The van der Waals surface area contributed by atoms with Gasteiger partial charge in [0.2, 0.25) is 0 Å². The predicted molar refractivity (Wildman–Crippen MR) is 58.8 cm³/mol. The summed E-state index contributed by atoms with van der Waals surface area (Å²) in [6.45, 7) is 7.03. The lowest BCUT2D eigenvalue weighted by molar-refractivity contribution is -0.122. The van der Waals surface area contributed by atoms with Gasteiger partial charge in [0, 0.05) is 31.5 Å². The Labute approximate surface area is 91.8 Å². The molecule has 0 N–H and O–H groups in total. The average molecular weight is 211 g/mol. The molecule has 1 heterocycles. The second-order valence-corrected chi connectivity index (χ2v) is 5.00. The maximum absolute atomic E-state index is 11.6. The van der Waals surface area contributed by atoms with Gasteiger partial charge in [-0.1, -0.05) is 0 Å². The summed E-state index contributed by atoms with van der Waals surface area (Å²) in [4.78, 5) is 14.0. The second-order valence-electron chi connectivity index (χ2n) is 5.00. The molecule has 2 fully saturated rings. The number of carbonyl (C=O) groups is 1. The fraction of sp³-hybridized carbons (Fsp3) is 0.917. The summed E-state index contributed by atoms with van der Waals surface area (Å²) in [5, 5.41) is 0. The molecule has 2 aliphatic rings. The van der Waals surface area contributed by atoms with Crippen molar-refractivity contribution in [3.05, 3.63) is 0 Å². The standard InChI is InChI=1S/C12H21NO2/c1-9-8-15-10(2)6-13(9)7-11-4-3-5-12(11)14/h9-11H,3-8H2,1-2H3. The molecule has 0 aromatic rings. The van der Waals surface area contributed by atoms with E-state index in [0.717, 1.165) is 39.0 Å². The van der Waals surface area contributed by atoms with E-state index >= 15 is 0 Å². The van der Waals surface area contributed by atoms with Crippen LogP contribution >= 0.6 is 0 Å². The summed E-state index contributed by atoms with van der Waals surface area (Å²) >= 11 is 0. The van der Waals surface area contributed by atoms with Gasteiger partial charge in [-0.05, 0) is 26.7 Å². The molecular formula is C12H21NO2. The molecule has 3 unspecified atom stereocenters. The third kappa shape index (κ3) is 2.58. The van der Waals surface area contributed by atoms with Crippen molar-refractivity contribution >= 4 is 5.78 Å². The quantitative estimate of drug-likeness (QED) is 0.692. The van der Waals surface area contributed by atoms with Crippen LogP contribution in [-0.2, 0) is 9.53 Å². The third-order valence-corrected chi connectivity index (χ3v) is 3.62. The van der Waals surface area contributed by atoms with Crippen molar-refractivity contribution < 1.29 is 9.53 Å². The molecule has 86 valence electrons. The van der Waals surface area contributed by atoms with Gasteiger partial charge in [-0.25, -0.2) is 0 Å². The minimum Gasteiger partial charge on any atom is -0.376 e. The number of nitrogens with zero attached hydrogens (tertiary/aromatic N) is 1. The van der Waals surface area contributed by atoms with Crippen LogP contribution in [0, 0.1) is 5.92 Å². The highest BCUT2D eigenvalue weighted by atomic mass is 16.5. The molecule has 0 aromatic carbocycles. The highest BCUT2D eigenvalue weighted by Gasteiger charge is 2.30. The predicted octanol–water partition coefficient (Wildman–Crippen LogP) is 1.46. The van der Waals surface area contributed by atoms with E-state index in [1.807, 2.05) is 0 Å². The second kappa shape index (κ2) is 4.62. The van der Waals surface area contributed by atoms with Gasteiger partial charge in [-0.15, -0.1) is 0 Å². The van der Waals surface area contributed by atoms with E-state index in [-0.39, 0.29) is 0 Å². The Balaban J connectivity index is 1.89. The van der Waals surface area contributed by atoms with Crippen LogP contribution < -0.4 is 0 Å². The molecular weight excluding hydrogens is 190 g/mol. The lowest BCUT2D eigenvalue weighted by Crippen LogP contribution is -2.49. The number of hydrogen-bond donors (Lipinski definition) is 0. The maximum Gasteiger partial charge on any atom is 0.137 e. The van der Waals surface area contributed by atoms with Crippen LogP contribution in [0.1, 0.15) is 33.1 Å². The van der Waals surface area contributed by atoms with E-state index in [9.17, 15) is 4.79 Å². The van der Waals surface area contributed by atoms with Crippen LogP contribution in [0.2, 0.25) is 0 Å². The maximum atomic E-state index is 11.6. The van der Waals surface area contributed by atoms with Gasteiger partial charge in [0.1, 0.15) is 5.78 Å². The zero-order valence-corrected chi connectivity index (χ0v) is 9.74. The van der Waals surface area contributed by atoms with E-state index in [1.54, 1.807) is 0 Å². The van der Waals surface area contributed by atoms with Crippen LogP contribution in [0.4, 0.5) is 0 Å². The van der Waals surface area contributed by atoms with Crippen molar-refractivity contribution in [2.75, 3.05) is 19.7 Å². The highest BCUT2D eigenvalue weighted by molar-refractivity contribution is 5.83. The molecule has 1 aliphatic carbocycles. The van der Waals surface area contributed by atoms with Gasteiger partial charge in [-0.2, -0.15) is 0 Å². The topological polar surface area (TPSA) is 29.5 Å². The van der Waals surface area contributed by atoms with Gasteiger partial charge in [0.05, 0.1) is 12.7 Å². The first kappa shape index (κ1) is 11.1. The lowest BCUT2D eigenvalue weighted by Gasteiger charge is -2.37. The summed E-state index contributed by atoms with van der Waals surface area (Å²) in [5.41, 5.74) is 0. The number of carbonyl (C=O) groups excluding carboxylic acids is 1. The van der Waals surface area contributed by atoms with Gasteiger partial charge in [0.25, 0.3) is 0 Å². The Bertz CT molecular complexity index is 242. The number of rotatable bonds is 2. The molecule has 3 atom stereocenters. The Morgan fingerprint density at radius 2 is 2.27 bits per heavy atom. The summed E-state index contributed by atoms with van der Waals surface area (Å²) in [6.07, 6.45) is 3.31. The molecule has 2 rings (SSSR count). The molecule has 0 amide bonds. The smallest absolute Gasteiger partial charge is 0.137 e. The molecule has 1 saturated carbocycles. The zero-order chi connectivity index (χ0) is 10.8. The average Bonchev–Trinajstić information content (AvgIpc) is 2.58. The Hall–Kier alpha value is -0.410. The Morgan fingerprint density at radius 3 is 2.93 bits per heavy atom. The number of morpholine rings is 1. The van der Waals surface area contributed by atoms with Crippen LogP contribution in [-0.4, -0.2) is 42.5 Å². The molecule has 0 spiro atoms. The van der Waals surface area contributed by atoms with Crippen molar-refractivity contribution in [3.8, 4) is 0 Å². The van der Waals surface area contributed by atoms with E-state index in [2.05, 4.69) is 18.7 Å². The van der Waals surface area contributed by atoms with Crippen molar-refractivity contribution in [2.45, 2.75) is 45.3 Å². The Kier molecular flexibility index (Phi) is 3.42.